The van der Waals surface area contributed by atoms with Crippen LogP contribution < -0.4 is 9.62 Å². The van der Waals surface area contributed by atoms with Gasteiger partial charge in [0.15, 0.2) is 0 Å². The lowest BCUT2D eigenvalue weighted by atomic mass is 9.89. The third-order valence-corrected chi connectivity index (χ3v) is 6.69. The van der Waals surface area contributed by atoms with Gasteiger partial charge in [0.2, 0.25) is 0 Å². The topological polar surface area (TPSA) is 72.5 Å². The van der Waals surface area contributed by atoms with Gasteiger partial charge in [-0.1, -0.05) is 61.7 Å². The first kappa shape index (κ1) is 21.5. The first-order chi connectivity index (χ1) is 15.1. The summed E-state index contributed by atoms with van der Waals surface area (Å²) in [5, 5.41) is 5.08. The van der Waals surface area contributed by atoms with Crippen molar-refractivity contribution in [2.75, 3.05) is 10.8 Å². The second-order valence-electron chi connectivity index (χ2n) is 8.20. The van der Waals surface area contributed by atoms with Gasteiger partial charge < -0.3 is 9.87 Å². The van der Waals surface area contributed by atoms with Crippen LogP contribution in [0.1, 0.15) is 48.0 Å². The lowest BCUT2D eigenvalue weighted by molar-refractivity contribution is 0.0943. The van der Waals surface area contributed by atoms with Crippen molar-refractivity contribution in [1.82, 2.24) is 5.32 Å². The molecule has 0 aliphatic heterocycles. The molecule has 0 heterocycles. The second kappa shape index (κ2) is 10.1. The fraction of sp³-hybridized carbons (Fsp3) is 0.320. The van der Waals surface area contributed by atoms with Gasteiger partial charge in [-0.25, -0.2) is 0 Å². The second-order valence-corrected chi connectivity index (χ2v) is 9.07. The van der Waals surface area contributed by atoms with Gasteiger partial charge in [-0.2, -0.15) is 0 Å². The number of amides is 1. The van der Waals surface area contributed by atoms with Gasteiger partial charge >= 0.3 is 0 Å². The number of rotatable bonds is 7. The lowest BCUT2D eigenvalue weighted by Crippen LogP contribution is -2.30. The van der Waals surface area contributed by atoms with Crippen LogP contribution in [0.15, 0.2) is 66.7 Å². The number of nitrogens with zero attached hydrogens (tertiary/aromatic N) is 1. The summed E-state index contributed by atoms with van der Waals surface area (Å²) in [5.74, 6) is 0.458. The molecule has 1 amide bonds. The van der Waals surface area contributed by atoms with E-state index < -0.39 is 11.3 Å². The molecule has 0 spiro atoms. The minimum atomic E-state index is -2.44. The third-order valence-electron chi connectivity index (χ3n) is 5.99. The molecule has 0 bridgehead atoms. The van der Waals surface area contributed by atoms with E-state index in [1.54, 1.807) is 24.3 Å². The standard InChI is InChI=1S/C25H28N2O3S/c28-25(26-17-19-7-2-1-3-8-19)23-12-6-9-20(15-23)18-27(31(29)30)24-14-13-21-10-4-5-11-22(21)16-24/h4-6,9-16,19H,1-3,7-8,17-18H2,(H,26,28)(H,29,30)/p-1. The lowest BCUT2D eigenvalue weighted by Gasteiger charge is -2.27. The minimum absolute atomic E-state index is 0.104. The Morgan fingerprint density at radius 3 is 2.52 bits per heavy atom. The summed E-state index contributed by atoms with van der Waals surface area (Å²) in [7, 11) is 0. The number of carbonyl (C=O) groups excluding carboxylic acids is 1. The van der Waals surface area contributed by atoms with E-state index in [4.69, 9.17) is 0 Å². The predicted molar refractivity (Wildman–Crippen MR) is 124 cm³/mol. The minimum Gasteiger partial charge on any atom is -0.755 e. The van der Waals surface area contributed by atoms with Crippen molar-refractivity contribution in [3.05, 3.63) is 77.9 Å². The van der Waals surface area contributed by atoms with Crippen LogP contribution in [0, 0.1) is 5.92 Å². The van der Waals surface area contributed by atoms with Gasteiger partial charge in [-0.05, 0) is 59.4 Å². The SMILES string of the molecule is O=C(NCC1CCCCC1)c1cccc(CN(c2ccc3ccccc3c2)S(=O)[O-])c1. The molecule has 0 aromatic heterocycles. The van der Waals surface area contributed by atoms with Crippen LogP contribution in [0.25, 0.3) is 10.8 Å². The Morgan fingerprint density at radius 2 is 1.74 bits per heavy atom. The Balaban J connectivity index is 1.47. The number of fused-ring (bicyclic) bond motifs is 1. The van der Waals surface area contributed by atoms with E-state index in [-0.39, 0.29) is 12.5 Å². The van der Waals surface area contributed by atoms with Crippen LogP contribution in [-0.2, 0) is 17.8 Å². The molecule has 1 aliphatic carbocycles. The molecule has 162 valence electrons. The maximum atomic E-state index is 12.6. The van der Waals surface area contributed by atoms with Crippen LogP contribution in [0.5, 0.6) is 0 Å². The smallest absolute Gasteiger partial charge is 0.251 e. The van der Waals surface area contributed by atoms with E-state index in [0.717, 1.165) is 16.3 Å². The van der Waals surface area contributed by atoms with Crippen molar-refractivity contribution >= 4 is 33.6 Å². The van der Waals surface area contributed by atoms with Crippen LogP contribution in [0.2, 0.25) is 0 Å². The van der Waals surface area contributed by atoms with Crippen molar-refractivity contribution in [1.29, 1.82) is 0 Å². The number of hydrogen-bond acceptors (Lipinski definition) is 3. The Hall–Kier alpha value is -2.70. The van der Waals surface area contributed by atoms with Gasteiger partial charge in [0, 0.05) is 29.1 Å². The largest absolute Gasteiger partial charge is 0.755 e. The molecule has 5 nitrogen and oxygen atoms in total. The van der Waals surface area contributed by atoms with Crippen LogP contribution in [0.4, 0.5) is 5.69 Å². The molecule has 3 aromatic carbocycles. The highest BCUT2D eigenvalue weighted by Crippen LogP contribution is 2.25. The molecule has 1 atom stereocenters. The number of nitrogens with one attached hydrogen (secondary N) is 1. The summed E-state index contributed by atoms with van der Waals surface area (Å²) in [5.41, 5.74) is 1.92. The molecule has 0 radical (unpaired) electrons. The normalized spacial score (nSPS) is 15.5. The van der Waals surface area contributed by atoms with Crippen molar-refractivity contribution in [3.8, 4) is 0 Å². The molecule has 1 N–H and O–H groups in total. The van der Waals surface area contributed by atoms with Crippen LogP contribution >= 0.6 is 0 Å². The fourth-order valence-electron chi connectivity index (χ4n) is 4.27. The maximum Gasteiger partial charge on any atom is 0.251 e. The highest BCUT2D eigenvalue weighted by molar-refractivity contribution is 7.80. The Kier molecular flexibility index (Phi) is 6.99. The van der Waals surface area contributed by atoms with Gasteiger partial charge in [-0.15, -0.1) is 0 Å². The van der Waals surface area contributed by atoms with E-state index in [9.17, 15) is 13.6 Å². The zero-order chi connectivity index (χ0) is 21.6. The first-order valence-corrected chi connectivity index (χ1v) is 11.9. The summed E-state index contributed by atoms with van der Waals surface area (Å²) >= 11 is -2.44. The van der Waals surface area contributed by atoms with E-state index in [1.165, 1.54) is 36.4 Å². The van der Waals surface area contributed by atoms with E-state index in [0.29, 0.717) is 23.7 Å². The number of hydrogen-bond donors (Lipinski definition) is 1. The molecule has 1 saturated carbocycles. The average molecular weight is 436 g/mol. The van der Waals surface area contributed by atoms with E-state index >= 15 is 0 Å². The predicted octanol–water partition coefficient (Wildman–Crippen LogP) is 4.95. The molecule has 31 heavy (non-hydrogen) atoms. The summed E-state index contributed by atoms with van der Waals surface area (Å²) in [6, 6.07) is 20.6. The third kappa shape index (κ3) is 5.51. The summed E-state index contributed by atoms with van der Waals surface area (Å²) in [4.78, 5) is 12.6. The highest BCUT2D eigenvalue weighted by Gasteiger charge is 2.16. The Labute approximate surface area is 185 Å². The average Bonchev–Trinajstić information content (AvgIpc) is 2.81. The number of carbonyl (C=O) groups is 1. The van der Waals surface area contributed by atoms with E-state index in [2.05, 4.69) is 5.32 Å². The molecule has 1 aliphatic rings. The fourth-order valence-corrected chi connectivity index (χ4v) is 4.81. The Morgan fingerprint density at radius 1 is 0.968 bits per heavy atom. The molecule has 4 rings (SSSR count). The van der Waals surface area contributed by atoms with Gasteiger partial charge in [-0.3, -0.25) is 13.3 Å². The van der Waals surface area contributed by atoms with Crippen molar-refractivity contribution in [3.63, 3.8) is 0 Å². The molecule has 3 aromatic rings. The van der Waals surface area contributed by atoms with Gasteiger partial charge in [0.1, 0.15) is 0 Å². The monoisotopic (exact) mass is 435 g/mol. The van der Waals surface area contributed by atoms with Gasteiger partial charge in [0.25, 0.3) is 5.91 Å². The highest BCUT2D eigenvalue weighted by atomic mass is 32.2. The molecular formula is C25H27N2O3S-. The summed E-state index contributed by atoms with van der Waals surface area (Å²) in [6.07, 6.45) is 6.13. The van der Waals surface area contributed by atoms with Crippen LogP contribution in [0.3, 0.4) is 0 Å². The molecule has 1 unspecified atom stereocenters. The summed E-state index contributed by atoms with van der Waals surface area (Å²) in [6.45, 7) is 0.870. The summed E-state index contributed by atoms with van der Waals surface area (Å²) < 4.78 is 25.3. The number of anilines is 1. The zero-order valence-electron chi connectivity index (χ0n) is 17.5. The Bertz CT molecular complexity index is 1080. The van der Waals surface area contributed by atoms with Crippen molar-refractivity contribution in [2.45, 2.75) is 38.6 Å². The van der Waals surface area contributed by atoms with E-state index in [1.807, 2.05) is 42.5 Å². The quantitative estimate of drug-likeness (QED) is 0.534. The first-order valence-electron chi connectivity index (χ1n) is 10.8. The molecule has 0 saturated heterocycles. The zero-order valence-corrected chi connectivity index (χ0v) is 18.3. The van der Waals surface area contributed by atoms with Crippen molar-refractivity contribution in [2.24, 2.45) is 5.92 Å². The molecular weight excluding hydrogens is 408 g/mol. The van der Waals surface area contributed by atoms with Crippen LogP contribution in [-0.4, -0.2) is 21.2 Å². The van der Waals surface area contributed by atoms with Gasteiger partial charge in [0.05, 0.1) is 6.54 Å². The van der Waals surface area contributed by atoms with Crippen molar-refractivity contribution < 1.29 is 13.6 Å². The molecule has 1 fully saturated rings. The number of benzene rings is 3. The maximum absolute atomic E-state index is 12.6. The molecule has 6 heteroatoms.